The van der Waals surface area contributed by atoms with Crippen molar-refractivity contribution in [2.75, 3.05) is 20.3 Å². The molecule has 0 bridgehead atoms. The first-order valence-electron chi connectivity index (χ1n) is 5.50. The van der Waals surface area contributed by atoms with Crippen molar-refractivity contribution in [2.45, 2.75) is 19.3 Å². The van der Waals surface area contributed by atoms with Gasteiger partial charge in [0.15, 0.2) is 0 Å². The van der Waals surface area contributed by atoms with Gasteiger partial charge in [0.2, 0.25) is 0 Å². The molecule has 0 heterocycles. The van der Waals surface area contributed by atoms with Crippen molar-refractivity contribution in [3.63, 3.8) is 0 Å². The largest absolute Gasteiger partial charge is 0.522 e. The van der Waals surface area contributed by atoms with Crippen LogP contribution >= 0.6 is 0 Å². The maximum Gasteiger partial charge on any atom is 0.522 e. The third kappa shape index (κ3) is 5.37. The summed E-state index contributed by atoms with van der Waals surface area (Å²) in [6, 6.07) is 7.29. The highest BCUT2D eigenvalue weighted by Crippen LogP contribution is 2.18. The lowest BCUT2D eigenvalue weighted by Gasteiger charge is -2.15. The summed E-state index contributed by atoms with van der Waals surface area (Å²) in [4.78, 5) is 0. The first-order valence-corrected chi connectivity index (χ1v) is 5.50. The highest BCUT2D eigenvalue weighted by molar-refractivity contribution is 5.28. The molecule has 1 aromatic carbocycles. The molecule has 102 valence electrons. The molecule has 3 nitrogen and oxygen atoms in total. The molecular formula is C12H16F3NO2. The van der Waals surface area contributed by atoms with Gasteiger partial charge in [-0.3, -0.25) is 4.74 Å². The molecule has 0 saturated carbocycles. The lowest BCUT2D eigenvalue weighted by molar-refractivity contribution is -0.323. The number of nitrogens with one attached hydrogen (secondary N) is 1. The zero-order chi connectivity index (χ0) is 13.6. The predicted molar refractivity (Wildman–Crippen MR) is 61.4 cm³/mol. The zero-order valence-corrected chi connectivity index (χ0v) is 10.3. The monoisotopic (exact) mass is 263 g/mol. The molecule has 0 spiro atoms. The van der Waals surface area contributed by atoms with E-state index in [0.717, 1.165) is 11.3 Å². The first-order chi connectivity index (χ1) is 8.42. The molecule has 0 aromatic heterocycles. The number of hydrogen-bond donors (Lipinski definition) is 1. The van der Waals surface area contributed by atoms with Crippen LogP contribution in [-0.2, 0) is 4.74 Å². The van der Waals surface area contributed by atoms with Crippen LogP contribution in [0.1, 0.15) is 18.5 Å². The van der Waals surface area contributed by atoms with Crippen molar-refractivity contribution in [3.8, 4) is 5.75 Å². The van der Waals surface area contributed by atoms with Crippen LogP contribution in [0.3, 0.4) is 0 Å². The Morgan fingerprint density at radius 2 is 1.83 bits per heavy atom. The van der Waals surface area contributed by atoms with Gasteiger partial charge in [0.05, 0.1) is 13.7 Å². The topological polar surface area (TPSA) is 30.5 Å². The Labute approximate surface area is 104 Å². The van der Waals surface area contributed by atoms with Gasteiger partial charge < -0.3 is 10.1 Å². The van der Waals surface area contributed by atoms with Gasteiger partial charge in [-0.1, -0.05) is 12.1 Å². The van der Waals surface area contributed by atoms with Gasteiger partial charge in [-0.25, -0.2) is 0 Å². The molecule has 0 aliphatic rings. The second kappa shape index (κ2) is 6.61. The van der Waals surface area contributed by atoms with Crippen molar-refractivity contribution in [2.24, 2.45) is 0 Å². The molecular weight excluding hydrogens is 247 g/mol. The van der Waals surface area contributed by atoms with Crippen LogP contribution in [0.2, 0.25) is 0 Å². The fourth-order valence-electron chi connectivity index (χ4n) is 1.45. The van der Waals surface area contributed by atoms with E-state index in [1.54, 1.807) is 19.2 Å². The average molecular weight is 263 g/mol. The Kier molecular flexibility index (Phi) is 5.43. The molecule has 1 unspecified atom stereocenters. The summed E-state index contributed by atoms with van der Waals surface area (Å²) in [5.74, 6) is 0.742. The number of benzene rings is 1. The van der Waals surface area contributed by atoms with E-state index in [1.165, 1.54) is 0 Å². The van der Waals surface area contributed by atoms with E-state index in [-0.39, 0.29) is 12.6 Å². The van der Waals surface area contributed by atoms with Gasteiger partial charge in [-0.15, -0.1) is 13.2 Å². The Hall–Kier alpha value is -1.27. The Morgan fingerprint density at radius 3 is 2.33 bits per heavy atom. The Morgan fingerprint density at radius 1 is 1.22 bits per heavy atom. The third-order valence-corrected chi connectivity index (χ3v) is 2.43. The first kappa shape index (κ1) is 14.8. The van der Waals surface area contributed by atoms with Crippen LogP contribution in [0, 0.1) is 0 Å². The number of rotatable bonds is 6. The maximum atomic E-state index is 11.7. The summed E-state index contributed by atoms with van der Waals surface area (Å²) in [6.07, 6.45) is -4.56. The Balaban J connectivity index is 2.33. The second-order valence-corrected chi connectivity index (χ2v) is 3.74. The van der Waals surface area contributed by atoms with E-state index in [1.807, 2.05) is 19.1 Å². The van der Waals surface area contributed by atoms with Crippen LogP contribution in [0.15, 0.2) is 24.3 Å². The molecule has 0 fully saturated rings. The number of alkyl halides is 3. The summed E-state index contributed by atoms with van der Waals surface area (Å²) in [5.41, 5.74) is 0.975. The molecule has 0 aliphatic carbocycles. The number of hydrogen-bond acceptors (Lipinski definition) is 3. The maximum absolute atomic E-state index is 11.7. The Bertz CT molecular complexity index is 351. The van der Waals surface area contributed by atoms with Crippen LogP contribution in [0.5, 0.6) is 5.75 Å². The van der Waals surface area contributed by atoms with Crippen LogP contribution < -0.4 is 10.1 Å². The van der Waals surface area contributed by atoms with E-state index >= 15 is 0 Å². The van der Waals surface area contributed by atoms with Crippen molar-refractivity contribution in [1.29, 1.82) is 0 Å². The molecule has 1 N–H and O–H groups in total. The van der Waals surface area contributed by atoms with Crippen molar-refractivity contribution in [1.82, 2.24) is 5.32 Å². The fourth-order valence-corrected chi connectivity index (χ4v) is 1.45. The highest BCUT2D eigenvalue weighted by Gasteiger charge is 2.28. The second-order valence-electron chi connectivity index (χ2n) is 3.74. The lowest BCUT2D eigenvalue weighted by atomic mass is 10.1. The van der Waals surface area contributed by atoms with Crippen LogP contribution in [0.25, 0.3) is 0 Å². The van der Waals surface area contributed by atoms with E-state index in [9.17, 15) is 13.2 Å². The molecule has 6 heteroatoms. The fraction of sp³-hybridized carbons (Fsp3) is 0.500. The van der Waals surface area contributed by atoms with E-state index in [4.69, 9.17) is 4.74 Å². The number of halogens is 3. The van der Waals surface area contributed by atoms with E-state index in [0.29, 0.717) is 0 Å². The summed E-state index contributed by atoms with van der Waals surface area (Å²) in [6.45, 7) is 1.60. The van der Waals surface area contributed by atoms with Crippen molar-refractivity contribution >= 4 is 0 Å². The smallest absolute Gasteiger partial charge is 0.497 e. The molecule has 1 rings (SSSR count). The summed E-state index contributed by atoms with van der Waals surface area (Å²) in [7, 11) is 1.57. The van der Waals surface area contributed by atoms with E-state index in [2.05, 4.69) is 10.1 Å². The molecule has 1 aromatic rings. The molecule has 0 saturated heterocycles. The van der Waals surface area contributed by atoms with Gasteiger partial charge >= 0.3 is 6.36 Å². The molecule has 0 aliphatic heterocycles. The third-order valence-electron chi connectivity index (χ3n) is 2.43. The van der Waals surface area contributed by atoms with Gasteiger partial charge in [-0.2, -0.15) is 0 Å². The van der Waals surface area contributed by atoms with E-state index < -0.39 is 13.0 Å². The minimum atomic E-state index is -4.56. The molecule has 0 radical (unpaired) electrons. The normalized spacial score (nSPS) is 13.4. The molecule has 18 heavy (non-hydrogen) atoms. The van der Waals surface area contributed by atoms with Crippen molar-refractivity contribution < 1.29 is 22.6 Å². The zero-order valence-electron chi connectivity index (χ0n) is 10.3. The standard InChI is InChI=1S/C12H16F3NO2/c1-9(16-7-8-18-12(13,14)15)10-3-5-11(17-2)6-4-10/h3-6,9,16H,7-8H2,1-2H3. The minimum Gasteiger partial charge on any atom is -0.497 e. The SMILES string of the molecule is COc1ccc(C(C)NCCOC(F)(F)F)cc1. The molecule has 1 atom stereocenters. The quantitative estimate of drug-likeness (QED) is 0.800. The number of methoxy groups -OCH3 is 1. The van der Waals surface area contributed by atoms with Gasteiger partial charge in [-0.05, 0) is 24.6 Å². The molecule has 0 amide bonds. The van der Waals surface area contributed by atoms with Crippen molar-refractivity contribution in [3.05, 3.63) is 29.8 Å². The lowest BCUT2D eigenvalue weighted by Crippen LogP contribution is -2.26. The van der Waals surface area contributed by atoms with Gasteiger partial charge in [0.25, 0.3) is 0 Å². The number of ether oxygens (including phenoxy) is 2. The van der Waals surface area contributed by atoms with Gasteiger partial charge in [0, 0.05) is 12.6 Å². The summed E-state index contributed by atoms with van der Waals surface area (Å²) in [5, 5.41) is 2.94. The minimum absolute atomic E-state index is 0.0484. The van der Waals surface area contributed by atoms with Crippen LogP contribution in [0.4, 0.5) is 13.2 Å². The summed E-state index contributed by atoms with van der Waals surface area (Å²) >= 11 is 0. The average Bonchev–Trinajstić information content (AvgIpc) is 2.33. The summed E-state index contributed by atoms with van der Waals surface area (Å²) < 4.78 is 43.9. The van der Waals surface area contributed by atoms with Crippen LogP contribution in [-0.4, -0.2) is 26.6 Å². The highest BCUT2D eigenvalue weighted by atomic mass is 19.4. The predicted octanol–water partition coefficient (Wildman–Crippen LogP) is 2.88. The van der Waals surface area contributed by atoms with Gasteiger partial charge in [0.1, 0.15) is 5.75 Å².